The van der Waals surface area contributed by atoms with Crippen molar-refractivity contribution >= 4 is 34.7 Å². The minimum Gasteiger partial charge on any atom is -0.479 e. The lowest BCUT2D eigenvalue weighted by Gasteiger charge is -2.04. The topological polar surface area (TPSA) is 71.8 Å². The van der Waals surface area contributed by atoms with Gasteiger partial charge in [0.25, 0.3) is 0 Å². The molecule has 0 unspecified atom stereocenters. The predicted octanol–water partition coefficient (Wildman–Crippen LogP) is 2.63. The lowest BCUT2D eigenvalue weighted by Crippen LogP contribution is -2.03. The van der Waals surface area contributed by atoms with Crippen molar-refractivity contribution in [1.82, 2.24) is 4.98 Å². The fraction of sp³-hybridized carbons (Fsp3) is 0.154. The number of nitrogens with zero attached hydrogens (tertiary/aromatic N) is 2. The summed E-state index contributed by atoms with van der Waals surface area (Å²) in [6, 6.07) is 7.62. The Morgan fingerprint density at radius 1 is 1.58 bits per heavy atom. The van der Waals surface area contributed by atoms with Crippen molar-refractivity contribution in [3.63, 3.8) is 0 Å². The van der Waals surface area contributed by atoms with Crippen molar-refractivity contribution in [2.75, 3.05) is 6.61 Å². The Hall–Kier alpha value is -2.14. The molecular formula is C13H11ClN2O3. The second kappa shape index (κ2) is 5.67. The van der Waals surface area contributed by atoms with Crippen molar-refractivity contribution in [2.24, 2.45) is 5.16 Å². The van der Waals surface area contributed by atoms with Gasteiger partial charge < -0.3 is 9.94 Å². The van der Waals surface area contributed by atoms with Crippen molar-refractivity contribution in [3.8, 4) is 0 Å². The first-order valence-corrected chi connectivity index (χ1v) is 5.88. The molecule has 19 heavy (non-hydrogen) atoms. The molecule has 0 aliphatic carbocycles. The quantitative estimate of drug-likeness (QED) is 0.530. The normalized spacial score (nSPS) is 11.1. The van der Waals surface area contributed by atoms with E-state index < -0.39 is 12.6 Å². The number of benzene rings is 1. The van der Waals surface area contributed by atoms with Gasteiger partial charge in [0, 0.05) is 10.9 Å². The minimum absolute atomic E-state index is 0.296. The molecule has 98 valence electrons. The predicted molar refractivity (Wildman–Crippen MR) is 72.7 cm³/mol. The van der Waals surface area contributed by atoms with Gasteiger partial charge in [0.05, 0.1) is 11.7 Å². The molecule has 5 nitrogen and oxygen atoms in total. The van der Waals surface area contributed by atoms with Gasteiger partial charge in [-0.25, -0.2) is 9.78 Å². The van der Waals surface area contributed by atoms with E-state index in [-0.39, 0.29) is 0 Å². The van der Waals surface area contributed by atoms with Gasteiger partial charge in [-0.2, -0.15) is 0 Å². The standard InChI is InChI=1S/C13H11ClN2O3/c1-8-3-2-4-9-5-10(13(14)16-12(8)9)6-15-19-7-11(17)18/h2-6H,7H2,1H3,(H,17,18). The Kier molecular flexibility index (Phi) is 3.97. The second-order valence-corrected chi connectivity index (χ2v) is 4.27. The van der Waals surface area contributed by atoms with Crippen LogP contribution >= 0.6 is 11.6 Å². The number of aliphatic carboxylic acids is 1. The van der Waals surface area contributed by atoms with E-state index in [1.807, 2.05) is 31.2 Å². The van der Waals surface area contributed by atoms with Crippen molar-refractivity contribution < 1.29 is 14.7 Å². The number of fused-ring (bicyclic) bond motifs is 1. The van der Waals surface area contributed by atoms with E-state index >= 15 is 0 Å². The van der Waals surface area contributed by atoms with Crippen LogP contribution in [0.4, 0.5) is 0 Å². The number of halogens is 1. The molecule has 6 heteroatoms. The molecule has 0 amide bonds. The Morgan fingerprint density at radius 2 is 2.37 bits per heavy atom. The van der Waals surface area contributed by atoms with Crippen LogP contribution in [-0.4, -0.2) is 28.9 Å². The molecule has 0 aliphatic rings. The third-order valence-electron chi connectivity index (χ3n) is 2.48. The third kappa shape index (κ3) is 3.20. The van der Waals surface area contributed by atoms with Crippen LogP contribution in [-0.2, 0) is 9.63 Å². The van der Waals surface area contributed by atoms with Crippen LogP contribution in [0.5, 0.6) is 0 Å². The highest BCUT2D eigenvalue weighted by Gasteiger charge is 2.05. The average molecular weight is 279 g/mol. The summed E-state index contributed by atoms with van der Waals surface area (Å²) in [6.45, 7) is 1.46. The number of pyridine rings is 1. The number of rotatable bonds is 4. The maximum absolute atomic E-state index is 10.3. The monoisotopic (exact) mass is 278 g/mol. The summed E-state index contributed by atoms with van der Waals surface area (Å²) in [4.78, 5) is 19.1. The zero-order chi connectivity index (χ0) is 13.8. The van der Waals surface area contributed by atoms with Crippen LogP contribution in [0.1, 0.15) is 11.1 Å². The molecule has 0 saturated heterocycles. The highest BCUT2D eigenvalue weighted by Crippen LogP contribution is 2.21. The highest BCUT2D eigenvalue weighted by atomic mass is 35.5. The van der Waals surface area contributed by atoms with Crippen LogP contribution in [0.15, 0.2) is 29.4 Å². The molecule has 0 bridgehead atoms. The van der Waals surface area contributed by atoms with E-state index in [9.17, 15) is 4.79 Å². The molecule has 2 aromatic rings. The summed E-state index contributed by atoms with van der Waals surface area (Å²) in [6.07, 6.45) is 1.35. The van der Waals surface area contributed by atoms with E-state index in [0.29, 0.717) is 10.7 Å². The van der Waals surface area contributed by atoms with Gasteiger partial charge in [0.2, 0.25) is 6.61 Å². The number of hydrogen-bond donors (Lipinski definition) is 1. The van der Waals surface area contributed by atoms with Crippen molar-refractivity contribution in [3.05, 3.63) is 40.5 Å². The molecule has 1 N–H and O–H groups in total. The molecule has 2 rings (SSSR count). The number of oxime groups is 1. The van der Waals surface area contributed by atoms with E-state index in [2.05, 4.69) is 15.0 Å². The second-order valence-electron chi connectivity index (χ2n) is 3.92. The van der Waals surface area contributed by atoms with Crippen LogP contribution in [0.25, 0.3) is 10.9 Å². The Balaban J connectivity index is 2.29. The summed E-state index contributed by atoms with van der Waals surface area (Å²) >= 11 is 6.04. The molecule has 0 spiro atoms. The molecule has 0 radical (unpaired) electrons. The highest BCUT2D eigenvalue weighted by molar-refractivity contribution is 6.32. The Morgan fingerprint density at radius 3 is 3.11 bits per heavy atom. The first-order chi connectivity index (χ1) is 9.08. The van der Waals surface area contributed by atoms with Crippen LogP contribution in [0, 0.1) is 6.92 Å². The smallest absolute Gasteiger partial charge is 0.344 e. The molecule has 1 heterocycles. The van der Waals surface area contributed by atoms with Crippen LogP contribution < -0.4 is 0 Å². The largest absolute Gasteiger partial charge is 0.479 e. The van der Waals surface area contributed by atoms with Gasteiger partial charge in [-0.1, -0.05) is 35.0 Å². The minimum atomic E-state index is -1.09. The van der Waals surface area contributed by atoms with Crippen molar-refractivity contribution in [2.45, 2.75) is 6.92 Å². The number of hydrogen-bond acceptors (Lipinski definition) is 4. The first kappa shape index (κ1) is 13.3. The van der Waals surface area contributed by atoms with Crippen LogP contribution in [0.2, 0.25) is 5.15 Å². The fourth-order valence-corrected chi connectivity index (χ4v) is 1.81. The molecule has 0 saturated carbocycles. The number of carboxylic acid groups (broad SMARTS) is 1. The van der Waals surface area contributed by atoms with Gasteiger partial charge in [-0.05, 0) is 18.6 Å². The fourth-order valence-electron chi connectivity index (χ4n) is 1.62. The number of carbonyl (C=O) groups is 1. The lowest BCUT2D eigenvalue weighted by molar-refractivity contribution is -0.142. The molecule has 1 aromatic heterocycles. The molecule has 1 aromatic carbocycles. The zero-order valence-corrected chi connectivity index (χ0v) is 10.9. The average Bonchev–Trinajstić information content (AvgIpc) is 2.36. The van der Waals surface area contributed by atoms with Crippen molar-refractivity contribution in [1.29, 1.82) is 0 Å². The molecule has 0 fully saturated rings. The zero-order valence-electron chi connectivity index (χ0n) is 10.1. The maximum Gasteiger partial charge on any atom is 0.344 e. The number of aromatic nitrogens is 1. The van der Waals surface area contributed by atoms with Gasteiger partial charge in [-0.3, -0.25) is 0 Å². The number of aryl methyl sites for hydroxylation is 1. The third-order valence-corrected chi connectivity index (χ3v) is 2.79. The number of carboxylic acids is 1. The summed E-state index contributed by atoms with van der Waals surface area (Å²) in [5.74, 6) is -1.09. The lowest BCUT2D eigenvalue weighted by atomic mass is 10.1. The maximum atomic E-state index is 10.3. The van der Waals surface area contributed by atoms with E-state index in [4.69, 9.17) is 16.7 Å². The van der Waals surface area contributed by atoms with E-state index in [1.165, 1.54) is 6.21 Å². The summed E-state index contributed by atoms with van der Waals surface area (Å²) in [5, 5.41) is 13.2. The molecule has 0 atom stereocenters. The van der Waals surface area contributed by atoms with Gasteiger partial charge in [-0.15, -0.1) is 0 Å². The summed E-state index contributed by atoms with van der Waals surface area (Å²) in [5.41, 5.74) is 2.44. The summed E-state index contributed by atoms with van der Waals surface area (Å²) in [7, 11) is 0. The van der Waals surface area contributed by atoms with Gasteiger partial charge in [0.1, 0.15) is 5.15 Å². The molecular weight excluding hydrogens is 268 g/mol. The number of para-hydroxylation sites is 1. The Bertz CT molecular complexity index is 656. The summed E-state index contributed by atoms with van der Waals surface area (Å²) < 4.78 is 0. The first-order valence-electron chi connectivity index (χ1n) is 5.51. The van der Waals surface area contributed by atoms with E-state index in [0.717, 1.165) is 16.5 Å². The molecule has 0 aliphatic heterocycles. The SMILES string of the molecule is Cc1cccc2cc(C=NOCC(=O)O)c(Cl)nc12. The van der Waals surface area contributed by atoms with Gasteiger partial charge >= 0.3 is 5.97 Å². The van der Waals surface area contributed by atoms with Crippen LogP contribution in [0.3, 0.4) is 0 Å². The van der Waals surface area contributed by atoms with Gasteiger partial charge in [0.15, 0.2) is 0 Å². The Labute approximate surface area is 114 Å². The van der Waals surface area contributed by atoms with E-state index in [1.54, 1.807) is 0 Å².